The number of para-hydroxylation sites is 1. The second-order valence-corrected chi connectivity index (χ2v) is 8.27. The van der Waals surface area contributed by atoms with Gasteiger partial charge in [-0.2, -0.15) is 0 Å². The Balaban J connectivity index is 1.54. The Morgan fingerprint density at radius 3 is 2.77 bits per heavy atom. The summed E-state index contributed by atoms with van der Waals surface area (Å²) in [4.78, 5) is 6.66. The molecule has 1 unspecified atom stereocenters. The predicted molar refractivity (Wildman–Crippen MR) is 100 cm³/mol. The molecule has 4 rings (SSSR count). The fourth-order valence-corrected chi connectivity index (χ4v) is 4.56. The van der Waals surface area contributed by atoms with E-state index in [0.717, 1.165) is 43.9 Å². The van der Waals surface area contributed by atoms with Crippen molar-refractivity contribution in [2.24, 2.45) is 0 Å². The number of sulfonamides is 1. The van der Waals surface area contributed by atoms with Gasteiger partial charge in [-0.1, -0.05) is 12.1 Å². The molecule has 138 valence electrons. The molecular weight excluding hydrogens is 352 g/mol. The van der Waals surface area contributed by atoms with Crippen molar-refractivity contribution in [3.05, 3.63) is 42.1 Å². The zero-order valence-electron chi connectivity index (χ0n) is 14.6. The number of benzene rings is 1. The van der Waals surface area contributed by atoms with E-state index in [0.29, 0.717) is 11.6 Å². The molecule has 2 aliphatic rings. The summed E-state index contributed by atoms with van der Waals surface area (Å²) >= 11 is 0. The Hall–Kier alpha value is -2.32. The van der Waals surface area contributed by atoms with E-state index in [9.17, 15) is 8.42 Å². The molecule has 0 spiro atoms. The number of nitrogens with one attached hydrogen (secondary N) is 2. The van der Waals surface area contributed by atoms with Gasteiger partial charge < -0.3 is 15.0 Å². The van der Waals surface area contributed by atoms with Gasteiger partial charge >= 0.3 is 0 Å². The van der Waals surface area contributed by atoms with Gasteiger partial charge in [-0.3, -0.25) is 4.72 Å². The first-order valence-electron chi connectivity index (χ1n) is 8.76. The quantitative estimate of drug-likeness (QED) is 0.846. The van der Waals surface area contributed by atoms with Crippen LogP contribution >= 0.6 is 0 Å². The number of aromatic nitrogens is 1. The van der Waals surface area contributed by atoms with Crippen molar-refractivity contribution in [2.75, 3.05) is 35.8 Å². The summed E-state index contributed by atoms with van der Waals surface area (Å²) in [7, 11) is -3.76. The van der Waals surface area contributed by atoms with Crippen LogP contribution in [0.4, 0.5) is 11.5 Å². The topological polar surface area (TPSA) is 83.6 Å². The highest BCUT2D eigenvalue weighted by atomic mass is 32.2. The molecule has 2 N–H and O–H groups in total. The maximum absolute atomic E-state index is 12.8. The number of pyridine rings is 1. The van der Waals surface area contributed by atoms with Gasteiger partial charge in [-0.15, -0.1) is 0 Å². The summed E-state index contributed by atoms with van der Waals surface area (Å²) < 4.78 is 33.9. The highest BCUT2D eigenvalue weighted by molar-refractivity contribution is 7.92. The summed E-state index contributed by atoms with van der Waals surface area (Å²) in [6.45, 7) is 5.63. The highest BCUT2D eigenvalue weighted by Gasteiger charge is 2.28. The summed E-state index contributed by atoms with van der Waals surface area (Å²) in [5.74, 6) is 0.748. The standard InChI is InChI=1S/C18H22N4O3S/c1-13-11-14-3-2-4-16(18(14)25-13)26(23,24)21-17-6-5-15(12-20-17)22-9-7-19-8-10-22/h2-6,12-13,19H,7-11H2,1H3,(H,20,21). The van der Waals surface area contributed by atoms with E-state index in [1.807, 2.05) is 19.1 Å². The molecule has 1 fully saturated rings. The molecule has 3 heterocycles. The molecule has 0 radical (unpaired) electrons. The largest absolute Gasteiger partial charge is 0.489 e. The second kappa shape index (κ2) is 6.77. The van der Waals surface area contributed by atoms with E-state index in [4.69, 9.17) is 4.74 Å². The summed E-state index contributed by atoms with van der Waals surface area (Å²) in [5.41, 5.74) is 1.91. The average Bonchev–Trinajstić information content (AvgIpc) is 3.02. The lowest BCUT2D eigenvalue weighted by molar-refractivity contribution is 0.249. The fourth-order valence-electron chi connectivity index (χ4n) is 3.37. The van der Waals surface area contributed by atoms with Crippen molar-refractivity contribution < 1.29 is 13.2 Å². The molecule has 1 aromatic heterocycles. The van der Waals surface area contributed by atoms with E-state index < -0.39 is 10.0 Å². The van der Waals surface area contributed by atoms with E-state index in [-0.39, 0.29) is 11.0 Å². The van der Waals surface area contributed by atoms with Gasteiger partial charge in [-0.05, 0) is 30.7 Å². The van der Waals surface area contributed by atoms with Gasteiger partial charge in [0.25, 0.3) is 10.0 Å². The van der Waals surface area contributed by atoms with Crippen LogP contribution in [0.25, 0.3) is 0 Å². The maximum Gasteiger partial charge on any atom is 0.266 e. The molecule has 1 atom stereocenters. The van der Waals surface area contributed by atoms with E-state index in [1.165, 1.54) is 0 Å². The van der Waals surface area contributed by atoms with Crippen LogP contribution in [0.15, 0.2) is 41.4 Å². The second-order valence-electron chi connectivity index (χ2n) is 6.62. The number of fused-ring (bicyclic) bond motifs is 1. The van der Waals surface area contributed by atoms with Gasteiger partial charge in [0.1, 0.15) is 22.6 Å². The molecule has 0 amide bonds. The third-order valence-electron chi connectivity index (χ3n) is 4.65. The number of piperazine rings is 1. The van der Waals surface area contributed by atoms with E-state index >= 15 is 0 Å². The minimum absolute atomic E-state index is 0.0159. The first-order chi connectivity index (χ1) is 12.5. The molecule has 1 aromatic carbocycles. The molecular formula is C18H22N4O3S. The van der Waals surface area contributed by atoms with Gasteiger partial charge in [-0.25, -0.2) is 13.4 Å². The van der Waals surface area contributed by atoms with Crippen LogP contribution in [0.5, 0.6) is 5.75 Å². The maximum atomic E-state index is 12.8. The summed E-state index contributed by atoms with van der Waals surface area (Å²) in [5, 5.41) is 3.30. The fraction of sp³-hybridized carbons (Fsp3) is 0.389. The normalized spacial score (nSPS) is 19.7. The van der Waals surface area contributed by atoms with Crippen molar-refractivity contribution in [3.8, 4) is 5.75 Å². The third kappa shape index (κ3) is 3.34. The molecule has 1 saturated heterocycles. The molecule has 0 saturated carbocycles. The molecule has 7 nitrogen and oxygen atoms in total. The van der Waals surface area contributed by atoms with Crippen molar-refractivity contribution >= 4 is 21.5 Å². The first kappa shape index (κ1) is 17.1. The van der Waals surface area contributed by atoms with Crippen LogP contribution in [0.2, 0.25) is 0 Å². The number of nitrogens with zero attached hydrogens (tertiary/aromatic N) is 2. The van der Waals surface area contributed by atoms with E-state index in [2.05, 4.69) is 19.9 Å². The smallest absolute Gasteiger partial charge is 0.266 e. The molecule has 26 heavy (non-hydrogen) atoms. The Bertz CT molecular complexity index is 893. The van der Waals surface area contributed by atoms with Crippen molar-refractivity contribution in [1.82, 2.24) is 10.3 Å². The number of hydrogen-bond acceptors (Lipinski definition) is 6. The molecule has 8 heteroatoms. The van der Waals surface area contributed by atoms with Crippen LogP contribution in [0, 0.1) is 0 Å². The Kier molecular flexibility index (Phi) is 4.46. The Morgan fingerprint density at radius 2 is 2.04 bits per heavy atom. The predicted octanol–water partition coefficient (Wildman–Crippen LogP) is 1.62. The highest BCUT2D eigenvalue weighted by Crippen LogP contribution is 2.35. The Morgan fingerprint density at radius 1 is 1.23 bits per heavy atom. The molecule has 0 aliphatic carbocycles. The monoisotopic (exact) mass is 374 g/mol. The van der Waals surface area contributed by atoms with Crippen LogP contribution < -0.4 is 19.7 Å². The summed E-state index contributed by atoms with van der Waals surface area (Å²) in [6, 6.07) is 8.80. The lowest BCUT2D eigenvalue weighted by Gasteiger charge is -2.29. The zero-order chi connectivity index (χ0) is 18.1. The lowest BCUT2D eigenvalue weighted by Crippen LogP contribution is -2.43. The first-order valence-corrected chi connectivity index (χ1v) is 10.2. The lowest BCUT2D eigenvalue weighted by atomic mass is 10.1. The third-order valence-corrected chi connectivity index (χ3v) is 6.02. The van der Waals surface area contributed by atoms with E-state index in [1.54, 1.807) is 24.4 Å². The summed E-state index contributed by atoms with van der Waals surface area (Å²) in [6.07, 6.45) is 2.41. The number of ether oxygens (including phenoxy) is 1. The minimum Gasteiger partial charge on any atom is -0.489 e. The number of rotatable bonds is 4. The van der Waals surface area contributed by atoms with Crippen molar-refractivity contribution in [1.29, 1.82) is 0 Å². The van der Waals surface area contributed by atoms with Gasteiger partial charge in [0.15, 0.2) is 0 Å². The average molecular weight is 374 g/mol. The SMILES string of the molecule is CC1Cc2cccc(S(=O)(=O)Nc3ccc(N4CCNCC4)cn3)c2O1. The molecule has 0 bridgehead atoms. The van der Waals surface area contributed by atoms with Crippen LogP contribution in [0.3, 0.4) is 0 Å². The van der Waals surface area contributed by atoms with Gasteiger partial charge in [0.05, 0.1) is 11.9 Å². The minimum atomic E-state index is -3.76. The molecule has 2 aliphatic heterocycles. The van der Waals surface area contributed by atoms with Crippen LogP contribution in [-0.4, -0.2) is 45.7 Å². The zero-order valence-corrected chi connectivity index (χ0v) is 15.4. The van der Waals surface area contributed by atoms with Gasteiger partial charge in [0, 0.05) is 32.6 Å². The number of hydrogen-bond donors (Lipinski definition) is 2. The van der Waals surface area contributed by atoms with Gasteiger partial charge in [0.2, 0.25) is 0 Å². The molecule has 2 aromatic rings. The Labute approximate surface area is 153 Å². The van der Waals surface area contributed by atoms with Crippen LogP contribution in [0.1, 0.15) is 12.5 Å². The van der Waals surface area contributed by atoms with Crippen LogP contribution in [-0.2, 0) is 16.4 Å². The van der Waals surface area contributed by atoms with Crippen molar-refractivity contribution in [3.63, 3.8) is 0 Å². The van der Waals surface area contributed by atoms with Crippen molar-refractivity contribution in [2.45, 2.75) is 24.3 Å². The number of anilines is 2.